The molecule has 0 aliphatic heterocycles. The van der Waals surface area contributed by atoms with Gasteiger partial charge in [-0.05, 0) is 223 Å². The maximum Gasteiger partial charge on any atom is 0.330 e. The van der Waals surface area contributed by atoms with Gasteiger partial charge >= 0.3 is 29.8 Å². The summed E-state index contributed by atoms with van der Waals surface area (Å²) in [5.41, 5.74) is 5.34. The zero-order valence-corrected chi connectivity index (χ0v) is 55.2. The minimum absolute atomic E-state index is 0.0572. The lowest BCUT2D eigenvalue weighted by Crippen LogP contribution is -2.30. The van der Waals surface area contributed by atoms with E-state index in [0.717, 1.165) is 114 Å². The van der Waals surface area contributed by atoms with Crippen molar-refractivity contribution in [2.24, 2.45) is 22.9 Å². The number of rotatable bonds is 37. The fraction of sp³-hybridized carbons (Fsp3) is 0.390. The fourth-order valence-corrected chi connectivity index (χ4v) is 13.0. The SMILES string of the molecule is C=CC(=O)OCCCCCCOc1ccc(OC(=O)C2CCC(COOc3ccc(OC(=O)C4CCC(Oc5ccc(OCCCCCCOC(=O)C=C)cc5)CC4)cc3/C=N/N(CCCCOC(=O)C3c4ccccc4-c4ccccc43)c3nc4ccccc4s3)CC2)cc1. The molecule has 0 bridgehead atoms. The lowest BCUT2D eigenvalue weighted by atomic mass is 9.82. The maximum absolute atomic E-state index is 13.9. The van der Waals surface area contributed by atoms with Crippen molar-refractivity contribution in [2.75, 3.05) is 51.2 Å². The van der Waals surface area contributed by atoms with Gasteiger partial charge in [-0.2, -0.15) is 9.99 Å². The summed E-state index contributed by atoms with van der Waals surface area (Å²) in [6.07, 6.45) is 17.5. The van der Waals surface area contributed by atoms with Crippen LogP contribution in [-0.4, -0.2) is 93.3 Å². The number of aromatic nitrogens is 1. The first-order valence-corrected chi connectivity index (χ1v) is 34.5. The number of ether oxygens (including phenoxy) is 8. The van der Waals surface area contributed by atoms with Crippen LogP contribution < -0.4 is 33.6 Å². The summed E-state index contributed by atoms with van der Waals surface area (Å²) >= 11 is 1.51. The van der Waals surface area contributed by atoms with E-state index >= 15 is 0 Å². The van der Waals surface area contributed by atoms with Crippen LogP contribution in [0.3, 0.4) is 0 Å². The summed E-state index contributed by atoms with van der Waals surface area (Å²) in [7, 11) is 0. The lowest BCUT2D eigenvalue weighted by molar-refractivity contribution is -0.218. The van der Waals surface area contributed by atoms with Gasteiger partial charge in [0.1, 0.15) is 34.7 Å². The number of carbonyl (C=O) groups excluding carboxylic acids is 5. The molecule has 3 aliphatic carbocycles. The van der Waals surface area contributed by atoms with E-state index in [1.54, 1.807) is 48.7 Å². The van der Waals surface area contributed by atoms with Crippen LogP contribution in [0.5, 0.6) is 34.5 Å². The molecule has 6 aromatic carbocycles. The molecule has 0 N–H and O–H groups in total. The van der Waals surface area contributed by atoms with Gasteiger partial charge in [-0.1, -0.05) is 85.2 Å². The van der Waals surface area contributed by atoms with E-state index in [1.165, 1.54) is 17.4 Å². The van der Waals surface area contributed by atoms with Gasteiger partial charge in [0.15, 0.2) is 5.75 Å². The van der Waals surface area contributed by atoms with Crippen molar-refractivity contribution in [1.29, 1.82) is 0 Å². The van der Waals surface area contributed by atoms with Crippen molar-refractivity contribution in [1.82, 2.24) is 4.98 Å². The van der Waals surface area contributed by atoms with Crippen molar-refractivity contribution < 1.29 is 71.6 Å². The molecule has 1 heterocycles. The van der Waals surface area contributed by atoms with E-state index in [0.29, 0.717) is 118 Å². The normalized spacial score (nSPS) is 16.5. The number of fused-ring (bicyclic) bond motifs is 4. The molecular weight excluding hydrogens is 1240 g/mol. The molecule has 0 saturated heterocycles. The van der Waals surface area contributed by atoms with Crippen molar-refractivity contribution in [3.05, 3.63) is 182 Å². The number of carbonyl (C=O) groups is 5. The number of unbranched alkanes of at least 4 members (excludes halogenated alkanes) is 7. The molecule has 18 nitrogen and oxygen atoms in total. The zero-order valence-electron chi connectivity index (χ0n) is 54.4. The molecule has 10 rings (SSSR count). The molecule has 0 radical (unpaired) electrons. The van der Waals surface area contributed by atoms with Gasteiger partial charge in [0, 0.05) is 24.3 Å². The van der Waals surface area contributed by atoms with Crippen LogP contribution >= 0.6 is 11.3 Å². The summed E-state index contributed by atoms with van der Waals surface area (Å²) in [6.45, 7) is 9.66. The van der Waals surface area contributed by atoms with Crippen LogP contribution in [0.2, 0.25) is 0 Å². The predicted octanol–water partition coefficient (Wildman–Crippen LogP) is 15.9. The molecule has 2 saturated carbocycles. The number of hydrogen-bond donors (Lipinski definition) is 0. The second-order valence-corrected chi connectivity index (χ2v) is 25.3. The van der Waals surface area contributed by atoms with E-state index in [-0.39, 0.29) is 55.0 Å². The Kier molecular flexibility index (Phi) is 26.4. The van der Waals surface area contributed by atoms with Gasteiger partial charge in [-0.15, -0.1) is 0 Å². The molecule has 504 valence electrons. The number of thiazole rings is 1. The summed E-state index contributed by atoms with van der Waals surface area (Å²) in [6, 6.07) is 43.7. The summed E-state index contributed by atoms with van der Waals surface area (Å²) < 4.78 is 47.2. The maximum atomic E-state index is 13.9. The molecule has 7 aromatic rings. The molecule has 0 amide bonds. The first-order valence-electron chi connectivity index (χ1n) is 33.7. The third kappa shape index (κ3) is 20.6. The monoisotopic (exact) mass is 1320 g/mol. The van der Waals surface area contributed by atoms with Crippen molar-refractivity contribution in [2.45, 2.75) is 128 Å². The zero-order chi connectivity index (χ0) is 66.7. The highest BCUT2D eigenvalue weighted by Gasteiger charge is 2.35. The van der Waals surface area contributed by atoms with Crippen molar-refractivity contribution in [3.63, 3.8) is 0 Å². The molecule has 96 heavy (non-hydrogen) atoms. The molecule has 3 aliphatic rings. The quantitative estimate of drug-likeness (QED) is 0.00519. The predicted molar refractivity (Wildman–Crippen MR) is 368 cm³/mol. The van der Waals surface area contributed by atoms with Gasteiger partial charge in [0.05, 0.1) is 74.0 Å². The first kappa shape index (κ1) is 69.5. The summed E-state index contributed by atoms with van der Waals surface area (Å²) in [4.78, 5) is 80.5. The Morgan fingerprint density at radius 1 is 0.521 bits per heavy atom. The average molecular weight is 1320 g/mol. The summed E-state index contributed by atoms with van der Waals surface area (Å²) in [5.74, 6) is 0.700. The van der Waals surface area contributed by atoms with E-state index in [1.807, 2.05) is 102 Å². The number of esters is 5. The van der Waals surface area contributed by atoms with Crippen LogP contribution in [0, 0.1) is 17.8 Å². The van der Waals surface area contributed by atoms with E-state index in [9.17, 15) is 24.0 Å². The minimum Gasteiger partial charge on any atom is -0.494 e. The lowest BCUT2D eigenvalue weighted by Gasteiger charge is -2.28. The second-order valence-electron chi connectivity index (χ2n) is 24.2. The van der Waals surface area contributed by atoms with Crippen LogP contribution in [0.25, 0.3) is 21.3 Å². The third-order valence-electron chi connectivity index (χ3n) is 17.4. The van der Waals surface area contributed by atoms with Crippen LogP contribution in [0.15, 0.2) is 170 Å². The third-order valence-corrected chi connectivity index (χ3v) is 18.4. The van der Waals surface area contributed by atoms with E-state index in [2.05, 4.69) is 13.2 Å². The average Bonchev–Trinajstić information content (AvgIpc) is 1.61. The van der Waals surface area contributed by atoms with E-state index < -0.39 is 17.9 Å². The number of benzene rings is 6. The second kappa shape index (κ2) is 36.5. The van der Waals surface area contributed by atoms with Gasteiger partial charge in [0.2, 0.25) is 5.13 Å². The van der Waals surface area contributed by atoms with Gasteiger partial charge < -0.3 is 42.8 Å². The Hall–Kier alpha value is -9.33. The Morgan fingerprint density at radius 2 is 1.03 bits per heavy atom. The highest BCUT2D eigenvalue weighted by Crippen LogP contribution is 2.45. The molecule has 1 aromatic heterocycles. The number of hydrazone groups is 1. The fourth-order valence-electron chi connectivity index (χ4n) is 12.0. The highest BCUT2D eigenvalue weighted by molar-refractivity contribution is 7.22. The largest absolute Gasteiger partial charge is 0.494 e. The van der Waals surface area contributed by atoms with Gasteiger partial charge in [-0.3, -0.25) is 14.4 Å². The highest BCUT2D eigenvalue weighted by atomic mass is 32.1. The minimum atomic E-state index is -0.487. The smallest absolute Gasteiger partial charge is 0.330 e. The van der Waals surface area contributed by atoms with Crippen LogP contribution in [0.1, 0.15) is 138 Å². The number of nitrogens with zero attached hydrogens (tertiary/aromatic N) is 3. The van der Waals surface area contributed by atoms with E-state index in [4.69, 9.17) is 57.8 Å². The van der Waals surface area contributed by atoms with Crippen LogP contribution in [0.4, 0.5) is 5.13 Å². The molecule has 2 fully saturated rings. The molecular formula is C77H85N3O15S. The molecule has 0 spiro atoms. The Balaban J connectivity index is 0.730. The number of anilines is 1. The number of hydrogen-bond acceptors (Lipinski definition) is 19. The number of para-hydroxylation sites is 1. The Labute approximate surface area is 565 Å². The Bertz CT molecular complexity index is 3640. The van der Waals surface area contributed by atoms with Crippen LogP contribution in [-0.2, 0) is 43.1 Å². The first-order chi connectivity index (χ1) is 47.1. The molecule has 0 unspecified atom stereocenters. The summed E-state index contributed by atoms with van der Waals surface area (Å²) in [5, 5.41) is 7.52. The molecule has 19 heteroatoms. The van der Waals surface area contributed by atoms with Gasteiger partial charge in [0.25, 0.3) is 0 Å². The Morgan fingerprint density at radius 3 is 1.64 bits per heavy atom. The van der Waals surface area contributed by atoms with Crippen molar-refractivity contribution in [3.8, 4) is 45.6 Å². The standard InChI is InChI=1S/C77H85N3O15S/c1-3-71(81)88-48-18-7-5-16-46-86-58-35-39-61(40-36-58)92-60-33-31-56(32-34-60)75(84)94-63-43-44-69(95-91-53-54-27-29-55(30-28-54)74(83)93-62-41-37-59(38-42-62)87-47-17-6-8-19-49-89-72(82)4-2)57(51-63)52-78-80(77-79-68-25-13-14-26-70(68)96-77)45-15-20-50-90-76(85)73-66-23-11-9-21-64(66)65-22-10-12-24-67(65)73/h3-4,9-14,21-26,35-44,51-52,54-56,60,73H,1-2,5-8,15-20,27-34,45-50,53H2/b78-52+. The molecule has 0 atom stereocenters. The van der Waals surface area contributed by atoms with Gasteiger partial charge in [-0.25, -0.2) is 19.6 Å². The topological polar surface area (TPSA) is 206 Å². The van der Waals surface area contributed by atoms with Crippen molar-refractivity contribution >= 4 is 62.7 Å².